The van der Waals surface area contributed by atoms with Gasteiger partial charge in [-0.25, -0.2) is 0 Å². The monoisotopic (exact) mass is 213 g/mol. The van der Waals surface area contributed by atoms with Gasteiger partial charge in [-0.3, -0.25) is 0 Å². The lowest BCUT2D eigenvalue weighted by Crippen LogP contribution is -2.31. The van der Waals surface area contributed by atoms with Gasteiger partial charge in [0.15, 0.2) is 0 Å². The molecule has 3 unspecified atom stereocenters. The Morgan fingerprint density at radius 2 is 1.67 bits per heavy atom. The third-order valence-electron chi connectivity index (χ3n) is 3.68. The van der Waals surface area contributed by atoms with Crippen LogP contribution in [-0.4, -0.2) is 6.04 Å². The van der Waals surface area contributed by atoms with Crippen LogP contribution in [0.2, 0.25) is 0 Å². The molecule has 0 aromatic rings. The van der Waals surface area contributed by atoms with Gasteiger partial charge in [0.1, 0.15) is 0 Å². The van der Waals surface area contributed by atoms with E-state index in [9.17, 15) is 0 Å². The Morgan fingerprint density at radius 1 is 1.00 bits per heavy atom. The molecule has 0 aromatic carbocycles. The highest BCUT2D eigenvalue weighted by Crippen LogP contribution is 2.21. The van der Waals surface area contributed by atoms with E-state index >= 15 is 0 Å². The third kappa shape index (κ3) is 6.94. The van der Waals surface area contributed by atoms with Crippen molar-refractivity contribution >= 4 is 0 Å². The standard InChI is InChI=1S/C14H31N/c1-5-8-9-10-13(7-3)14(15)11-12(4)6-2/h12-14H,5-11,15H2,1-4H3. The van der Waals surface area contributed by atoms with Crippen molar-refractivity contribution < 1.29 is 0 Å². The molecule has 0 aliphatic rings. The number of nitrogens with two attached hydrogens (primary N) is 1. The van der Waals surface area contributed by atoms with Gasteiger partial charge in [-0.1, -0.05) is 59.8 Å². The molecule has 0 heterocycles. The number of unbranched alkanes of at least 4 members (excludes halogenated alkanes) is 2. The average Bonchev–Trinajstić information content (AvgIpc) is 2.24. The van der Waals surface area contributed by atoms with E-state index in [0.717, 1.165) is 11.8 Å². The molecule has 0 aliphatic heterocycles. The van der Waals surface area contributed by atoms with E-state index in [4.69, 9.17) is 5.73 Å². The van der Waals surface area contributed by atoms with Gasteiger partial charge < -0.3 is 5.73 Å². The molecular weight excluding hydrogens is 182 g/mol. The first-order valence-electron chi connectivity index (χ1n) is 6.91. The second-order valence-electron chi connectivity index (χ2n) is 5.08. The van der Waals surface area contributed by atoms with Crippen molar-refractivity contribution in [2.24, 2.45) is 17.6 Å². The lowest BCUT2D eigenvalue weighted by Gasteiger charge is -2.25. The summed E-state index contributed by atoms with van der Waals surface area (Å²) in [6.45, 7) is 9.13. The van der Waals surface area contributed by atoms with Crippen LogP contribution in [0.15, 0.2) is 0 Å². The Bertz CT molecular complexity index is 133. The minimum Gasteiger partial charge on any atom is -0.327 e. The molecule has 1 nitrogen and oxygen atoms in total. The van der Waals surface area contributed by atoms with Gasteiger partial charge in [0.25, 0.3) is 0 Å². The van der Waals surface area contributed by atoms with Crippen LogP contribution in [-0.2, 0) is 0 Å². The molecule has 3 atom stereocenters. The molecule has 2 N–H and O–H groups in total. The van der Waals surface area contributed by atoms with Crippen LogP contribution in [0.5, 0.6) is 0 Å². The van der Waals surface area contributed by atoms with E-state index in [-0.39, 0.29) is 0 Å². The van der Waals surface area contributed by atoms with E-state index in [1.54, 1.807) is 0 Å². The normalized spacial score (nSPS) is 17.4. The largest absolute Gasteiger partial charge is 0.327 e. The summed E-state index contributed by atoms with van der Waals surface area (Å²) in [6, 6.07) is 0.432. The highest BCUT2D eigenvalue weighted by atomic mass is 14.6. The van der Waals surface area contributed by atoms with Crippen molar-refractivity contribution in [1.82, 2.24) is 0 Å². The summed E-state index contributed by atoms with van der Waals surface area (Å²) < 4.78 is 0. The van der Waals surface area contributed by atoms with Crippen LogP contribution >= 0.6 is 0 Å². The van der Waals surface area contributed by atoms with Gasteiger partial charge in [0.05, 0.1) is 0 Å². The van der Waals surface area contributed by atoms with Gasteiger partial charge in [-0.05, 0) is 24.7 Å². The second kappa shape index (κ2) is 9.21. The highest BCUT2D eigenvalue weighted by Gasteiger charge is 2.17. The van der Waals surface area contributed by atoms with E-state index in [1.807, 2.05) is 0 Å². The van der Waals surface area contributed by atoms with Crippen LogP contribution < -0.4 is 5.73 Å². The first-order valence-corrected chi connectivity index (χ1v) is 6.91. The van der Waals surface area contributed by atoms with Gasteiger partial charge in [-0.15, -0.1) is 0 Å². The molecule has 0 spiro atoms. The predicted molar refractivity (Wildman–Crippen MR) is 70.0 cm³/mol. The Kier molecular flexibility index (Phi) is 9.18. The summed E-state index contributed by atoms with van der Waals surface area (Å²) in [7, 11) is 0. The maximum absolute atomic E-state index is 6.29. The van der Waals surface area contributed by atoms with Crippen molar-refractivity contribution in [3.8, 4) is 0 Å². The van der Waals surface area contributed by atoms with E-state index in [0.29, 0.717) is 6.04 Å². The van der Waals surface area contributed by atoms with Gasteiger partial charge in [-0.2, -0.15) is 0 Å². The zero-order chi connectivity index (χ0) is 11.7. The second-order valence-corrected chi connectivity index (χ2v) is 5.08. The van der Waals surface area contributed by atoms with Crippen LogP contribution in [0.25, 0.3) is 0 Å². The summed E-state index contributed by atoms with van der Waals surface area (Å²) in [5.41, 5.74) is 6.29. The van der Waals surface area contributed by atoms with Gasteiger partial charge in [0, 0.05) is 6.04 Å². The fourth-order valence-electron chi connectivity index (χ4n) is 2.20. The zero-order valence-electron chi connectivity index (χ0n) is 11.3. The molecule has 92 valence electrons. The van der Waals surface area contributed by atoms with Crippen LogP contribution in [0.4, 0.5) is 0 Å². The molecule has 0 saturated heterocycles. The third-order valence-corrected chi connectivity index (χ3v) is 3.68. The smallest absolute Gasteiger partial charge is 0.00695 e. The van der Waals surface area contributed by atoms with Crippen molar-refractivity contribution in [3.63, 3.8) is 0 Å². The average molecular weight is 213 g/mol. The Labute approximate surface area is 96.8 Å². The summed E-state index contributed by atoms with van der Waals surface area (Å²) in [4.78, 5) is 0. The summed E-state index contributed by atoms with van der Waals surface area (Å²) in [6.07, 6.45) is 9.11. The molecule has 0 fully saturated rings. The molecule has 0 amide bonds. The minimum atomic E-state index is 0.432. The SMILES string of the molecule is CCCCCC(CC)C(N)CC(C)CC. The fourth-order valence-corrected chi connectivity index (χ4v) is 2.20. The van der Waals surface area contributed by atoms with Crippen LogP contribution in [0.1, 0.15) is 72.6 Å². The molecule has 0 rings (SSSR count). The number of hydrogen-bond donors (Lipinski definition) is 1. The number of rotatable bonds is 9. The van der Waals surface area contributed by atoms with Crippen molar-refractivity contribution in [2.75, 3.05) is 0 Å². The topological polar surface area (TPSA) is 26.0 Å². The molecule has 15 heavy (non-hydrogen) atoms. The fraction of sp³-hybridized carbons (Fsp3) is 1.00. The quantitative estimate of drug-likeness (QED) is 0.566. The summed E-state index contributed by atoms with van der Waals surface area (Å²) in [5.74, 6) is 1.55. The highest BCUT2D eigenvalue weighted by molar-refractivity contribution is 4.74. The van der Waals surface area contributed by atoms with Crippen molar-refractivity contribution in [3.05, 3.63) is 0 Å². The zero-order valence-corrected chi connectivity index (χ0v) is 11.3. The Morgan fingerprint density at radius 3 is 2.13 bits per heavy atom. The van der Waals surface area contributed by atoms with E-state index in [2.05, 4.69) is 27.7 Å². The van der Waals surface area contributed by atoms with Crippen LogP contribution in [0, 0.1) is 11.8 Å². The lowest BCUT2D eigenvalue weighted by molar-refractivity contribution is 0.315. The van der Waals surface area contributed by atoms with Gasteiger partial charge >= 0.3 is 0 Å². The maximum Gasteiger partial charge on any atom is 0.00695 e. The molecule has 0 saturated carbocycles. The predicted octanol–water partition coefficient (Wildman–Crippen LogP) is 4.36. The minimum absolute atomic E-state index is 0.432. The van der Waals surface area contributed by atoms with E-state index < -0.39 is 0 Å². The van der Waals surface area contributed by atoms with Crippen LogP contribution in [0.3, 0.4) is 0 Å². The molecule has 0 radical (unpaired) electrons. The van der Waals surface area contributed by atoms with E-state index in [1.165, 1.54) is 44.9 Å². The van der Waals surface area contributed by atoms with Crippen molar-refractivity contribution in [2.45, 2.75) is 78.7 Å². The molecule has 0 bridgehead atoms. The Hall–Kier alpha value is -0.0400. The molecule has 0 aromatic heterocycles. The lowest BCUT2D eigenvalue weighted by atomic mass is 9.86. The maximum atomic E-state index is 6.29. The number of hydrogen-bond acceptors (Lipinski definition) is 1. The van der Waals surface area contributed by atoms with Crippen molar-refractivity contribution in [1.29, 1.82) is 0 Å². The summed E-state index contributed by atoms with van der Waals surface area (Å²) >= 11 is 0. The first kappa shape index (κ1) is 15.0. The molecular formula is C14H31N. The molecule has 0 aliphatic carbocycles. The Balaban J connectivity index is 3.81. The first-order chi connectivity index (χ1) is 7.15. The molecule has 1 heteroatoms. The van der Waals surface area contributed by atoms with Gasteiger partial charge in [0.2, 0.25) is 0 Å². The summed E-state index contributed by atoms with van der Waals surface area (Å²) in [5, 5.41) is 0.